The summed E-state index contributed by atoms with van der Waals surface area (Å²) in [6.45, 7) is 6.80. The minimum Gasteiger partial charge on any atom is -0.370 e. The predicted octanol–water partition coefficient (Wildman–Crippen LogP) is 6.04. The molecule has 3 rings (SSSR count). The molecule has 6 heteroatoms. The Morgan fingerprint density at radius 3 is 2.40 bits per heavy atom. The Labute approximate surface area is 164 Å². The van der Waals surface area contributed by atoms with Gasteiger partial charge in [0.25, 0.3) is 0 Å². The van der Waals surface area contributed by atoms with Gasteiger partial charge in [-0.25, -0.2) is 0 Å². The standard InChI is InChI=1S/C19H27N3S3/c1-14-15(2)19(25-21(3)4)23-18(14)24-20-16-10-6-7-11-17(16)22-12-8-5-9-13-22/h6-7,10-11,20H,5,8-9,12-13H2,1-4H3. The summed E-state index contributed by atoms with van der Waals surface area (Å²) in [6, 6.07) is 8.71. The van der Waals surface area contributed by atoms with Gasteiger partial charge in [0.15, 0.2) is 0 Å². The van der Waals surface area contributed by atoms with Crippen molar-refractivity contribution in [3.05, 3.63) is 35.4 Å². The van der Waals surface area contributed by atoms with Crippen LogP contribution in [-0.4, -0.2) is 31.5 Å². The monoisotopic (exact) mass is 393 g/mol. The Kier molecular flexibility index (Phi) is 6.61. The van der Waals surface area contributed by atoms with E-state index in [2.05, 4.69) is 66.1 Å². The van der Waals surface area contributed by atoms with Crippen molar-refractivity contribution in [3.63, 3.8) is 0 Å². The van der Waals surface area contributed by atoms with Crippen LogP contribution in [0, 0.1) is 13.8 Å². The first-order valence-electron chi connectivity index (χ1n) is 8.78. The second kappa shape index (κ2) is 8.71. The van der Waals surface area contributed by atoms with Gasteiger partial charge in [-0.2, -0.15) is 0 Å². The second-order valence-corrected chi connectivity index (χ2v) is 10.3. The molecular formula is C19H27N3S3. The van der Waals surface area contributed by atoms with Crippen molar-refractivity contribution in [2.24, 2.45) is 0 Å². The summed E-state index contributed by atoms with van der Waals surface area (Å²) in [6.07, 6.45) is 3.96. The molecule has 0 saturated carbocycles. The number of piperidine rings is 1. The molecular weight excluding hydrogens is 366 g/mol. The number of anilines is 2. The van der Waals surface area contributed by atoms with E-state index in [9.17, 15) is 0 Å². The van der Waals surface area contributed by atoms with Crippen LogP contribution in [0.2, 0.25) is 0 Å². The van der Waals surface area contributed by atoms with Crippen LogP contribution in [0.15, 0.2) is 32.7 Å². The van der Waals surface area contributed by atoms with Gasteiger partial charge in [-0.05, 0) is 94.4 Å². The van der Waals surface area contributed by atoms with E-state index in [1.54, 1.807) is 11.9 Å². The van der Waals surface area contributed by atoms with E-state index in [1.165, 1.54) is 63.3 Å². The van der Waals surface area contributed by atoms with Crippen molar-refractivity contribution in [1.29, 1.82) is 0 Å². The minimum atomic E-state index is 1.17. The van der Waals surface area contributed by atoms with Crippen LogP contribution in [0.5, 0.6) is 0 Å². The fraction of sp³-hybridized carbons (Fsp3) is 0.474. The van der Waals surface area contributed by atoms with Gasteiger partial charge >= 0.3 is 0 Å². The Balaban J connectivity index is 1.74. The van der Waals surface area contributed by atoms with E-state index < -0.39 is 0 Å². The average molecular weight is 394 g/mol. The zero-order valence-corrected chi connectivity index (χ0v) is 17.9. The van der Waals surface area contributed by atoms with Crippen molar-refractivity contribution in [1.82, 2.24) is 4.31 Å². The number of benzene rings is 1. The van der Waals surface area contributed by atoms with Crippen molar-refractivity contribution in [2.45, 2.75) is 41.5 Å². The number of thiophene rings is 1. The number of hydrogen-bond acceptors (Lipinski definition) is 6. The molecule has 0 unspecified atom stereocenters. The van der Waals surface area contributed by atoms with Crippen molar-refractivity contribution in [3.8, 4) is 0 Å². The van der Waals surface area contributed by atoms with Gasteiger partial charge in [0, 0.05) is 13.1 Å². The third-order valence-electron chi connectivity index (χ3n) is 4.48. The topological polar surface area (TPSA) is 18.5 Å². The fourth-order valence-electron chi connectivity index (χ4n) is 2.97. The molecule has 2 heterocycles. The van der Waals surface area contributed by atoms with E-state index in [0.29, 0.717) is 0 Å². The second-order valence-electron chi connectivity index (χ2n) is 6.60. The number of hydrogen-bond donors (Lipinski definition) is 1. The zero-order valence-electron chi connectivity index (χ0n) is 15.5. The highest BCUT2D eigenvalue weighted by molar-refractivity contribution is 8.03. The lowest BCUT2D eigenvalue weighted by Crippen LogP contribution is -2.29. The van der Waals surface area contributed by atoms with Crippen molar-refractivity contribution in [2.75, 3.05) is 36.8 Å². The van der Waals surface area contributed by atoms with Crippen LogP contribution < -0.4 is 9.62 Å². The molecule has 1 aromatic carbocycles. The molecule has 136 valence electrons. The molecule has 25 heavy (non-hydrogen) atoms. The van der Waals surface area contributed by atoms with Crippen LogP contribution in [0.3, 0.4) is 0 Å². The molecule has 1 N–H and O–H groups in total. The lowest BCUT2D eigenvalue weighted by Gasteiger charge is -2.30. The van der Waals surface area contributed by atoms with Gasteiger partial charge in [-0.15, -0.1) is 11.3 Å². The molecule has 0 aliphatic carbocycles. The Morgan fingerprint density at radius 2 is 1.68 bits per heavy atom. The number of rotatable bonds is 6. The summed E-state index contributed by atoms with van der Waals surface area (Å²) in [5, 5.41) is 0. The van der Waals surface area contributed by atoms with E-state index in [0.717, 1.165) is 0 Å². The first kappa shape index (κ1) is 19.0. The summed E-state index contributed by atoms with van der Waals surface area (Å²) in [5.41, 5.74) is 5.35. The molecule has 0 radical (unpaired) electrons. The van der Waals surface area contributed by atoms with Crippen molar-refractivity contribution >= 4 is 46.6 Å². The summed E-state index contributed by atoms with van der Waals surface area (Å²) in [5.74, 6) is 0. The first-order valence-corrected chi connectivity index (χ1v) is 11.2. The fourth-order valence-corrected chi connectivity index (χ4v) is 6.60. The van der Waals surface area contributed by atoms with E-state index in [4.69, 9.17) is 0 Å². The molecule has 0 spiro atoms. The van der Waals surface area contributed by atoms with Gasteiger partial charge in [0.2, 0.25) is 0 Å². The first-order chi connectivity index (χ1) is 12.1. The predicted molar refractivity (Wildman–Crippen MR) is 115 cm³/mol. The SMILES string of the molecule is Cc1c(SNc2ccccc2N2CCCCC2)sc(SN(C)C)c1C. The van der Waals surface area contributed by atoms with Gasteiger partial charge in [-0.3, -0.25) is 4.31 Å². The molecule has 1 aromatic heterocycles. The number of nitrogens with zero attached hydrogens (tertiary/aromatic N) is 2. The molecule has 2 aromatic rings. The maximum atomic E-state index is 3.62. The lowest BCUT2D eigenvalue weighted by molar-refractivity contribution is 0.578. The lowest BCUT2D eigenvalue weighted by atomic mass is 10.1. The summed E-state index contributed by atoms with van der Waals surface area (Å²) < 4.78 is 8.52. The maximum Gasteiger partial charge on any atom is 0.0852 e. The normalized spacial score (nSPS) is 15.0. The van der Waals surface area contributed by atoms with E-state index in [1.807, 2.05) is 23.3 Å². The van der Waals surface area contributed by atoms with Gasteiger partial charge in [0.1, 0.15) is 0 Å². The number of nitrogens with one attached hydrogen (secondary N) is 1. The van der Waals surface area contributed by atoms with Crippen LogP contribution in [0.25, 0.3) is 0 Å². The van der Waals surface area contributed by atoms with Crippen LogP contribution >= 0.6 is 35.2 Å². The number of para-hydroxylation sites is 2. The maximum absolute atomic E-state index is 3.62. The van der Waals surface area contributed by atoms with Crippen LogP contribution in [-0.2, 0) is 0 Å². The quantitative estimate of drug-likeness (QED) is 0.601. The molecule has 1 aliphatic rings. The summed E-state index contributed by atoms with van der Waals surface area (Å²) in [7, 11) is 4.19. The molecule has 0 amide bonds. The molecule has 1 saturated heterocycles. The average Bonchev–Trinajstić information content (AvgIpc) is 2.88. The molecule has 1 aliphatic heterocycles. The largest absolute Gasteiger partial charge is 0.370 e. The van der Waals surface area contributed by atoms with Crippen LogP contribution in [0.4, 0.5) is 11.4 Å². The van der Waals surface area contributed by atoms with E-state index >= 15 is 0 Å². The minimum absolute atomic E-state index is 1.17. The van der Waals surface area contributed by atoms with Gasteiger partial charge in [-0.1, -0.05) is 12.1 Å². The van der Waals surface area contributed by atoms with E-state index in [-0.39, 0.29) is 0 Å². The molecule has 1 fully saturated rings. The van der Waals surface area contributed by atoms with Gasteiger partial charge in [0.05, 0.1) is 19.8 Å². The van der Waals surface area contributed by atoms with Crippen molar-refractivity contribution < 1.29 is 0 Å². The van der Waals surface area contributed by atoms with Gasteiger partial charge < -0.3 is 9.62 Å². The Morgan fingerprint density at radius 1 is 1.00 bits per heavy atom. The highest BCUT2D eigenvalue weighted by Gasteiger charge is 2.16. The molecule has 0 atom stereocenters. The Bertz CT molecular complexity index is 706. The Hall–Kier alpha value is -0.820. The van der Waals surface area contributed by atoms with Crippen LogP contribution in [0.1, 0.15) is 30.4 Å². The third-order valence-corrected chi connectivity index (χ3v) is 8.09. The summed E-state index contributed by atoms with van der Waals surface area (Å²) in [4.78, 5) is 2.52. The third kappa shape index (κ3) is 4.67. The highest BCUT2D eigenvalue weighted by Crippen LogP contribution is 2.42. The highest BCUT2D eigenvalue weighted by atomic mass is 32.2. The smallest absolute Gasteiger partial charge is 0.0852 e. The molecule has 3 nitrogen and oxygen atoms in total. The zero-order chi connectivity index (χ0) is 17.8. The summed E-state index contributed by atoms with van der Waals surface area (Å²) >= 11 is 5.44. The molecule has 0 bridgehead atoms.